The molecule has 0 spiro atoms. The summed E-state index contributed by atoms with van der Waals surface area (Å²) >= 11 is 5.26. The van der Waals surface area contributed by atoms with Crippen molar-refractivity contribution in [2.45, 2.75) is 51.6 Å². The first-order valence-corrected chi connectivity index (χ1v) is 11.2. The monoisotopic (exact) mass is 453 g/mol. The smallest absolute Gasteiger partial charge is 0.413 e. The van der Waals surface area contributed by atoms with Crippen molar-refractivity contribution in [3.63, 3.8) is 0 Å². The van der Waals surface area contributed by atoms with Gasteiger partial charge >= 0.3 is 6.09 Å². The number of ketones is 1. The summed E-state index contributed by atoms with van der Waals surface area (Å²) in [4.78, 5) is 37.0. The van der Waals surface area contributed by atoms with Gasteiger partial charge in [0.25, 0.3) is 0 Å². The summed E-state index contributed by atoms with van der Waals surface area (Å²) in [6.45, 7) is 1.74. The Bertz CT molecular complexity index is 988. The van der Waals surface area contributed by atoms with Crippen molar-refractivity contribution in [1.29, 1.82) is 0 Å². The highest BCUT2D eigenvalue weighted by Gasteiger charge is 2.19. The van der Waals surface area contributed by atoms with Crippen LogP contribution in [0.4, 0.5) is 16.2 Å². The summed E-state index contributed by atoms with van der Waals surface area (Å²) in [6.07, 6.45) is 4.52. The minimum atomic E-state index is -0.620. The summed E-state index contributed by atoms with van der Waals surface area (Å²) in [6, 6.07) is 13.8. The SMILES string of the molecule is CCC(=O)Nc1ccc(C(=O)c2ccccc2)cc1NC(=S)NC(=O)OC1CCCCC1. The van der Waals surface area contributed by atoms with Crippen molar-refractivity contribution in [2.24, 2.45) is 0 Å². The lowest BCUT2D eigenvalue weighted by molar-refractivity contribution is -0.115. The molecule has 0 radical (unpaired) electrons. The van der Waals surface area contributed by atoms with Crippen LogP contribution in [0.15, 0.2) is 48.5 Å². The predicted molar refractivity (Wildman–Crippen MR) is 128 cm³/mol. The van der Waals surface area contributed by atoms with Crippen molar-refractivity contribution in [1.82, 2.24) is 5.32 Å². The van der Waals surface area contributed by atoms with E-state index in [9.17, 15) is 14.4 Å². The number of carbonyl (C=O) groups excluding carboxylic acids is 3. The molecule has 0 bridgehead atoms. The third-order valence-electron chi connectivity index (χ3n) is 5.20. The quantitative estimate of drug-likeness (QED) is 0.420. The number of anilines is 2. The molecule has 0 saturated heterocycles. The van der Waals surface area contributed by atoms with E-state index in [1.807, 2.05) is 6.07 Å². The molecule has 2 aromatic rings. The Morgan fingerprint density at radius 3 is 2.34 bits per heavy atom. The fourth-order valence-corrected chi connectivity index (χ4v) is 3.70. The van der Waals surface area contributed by atoms with Gasteiger partial charge in [-0.25, -0.2) is 4.79 Å². The van der Waals surface area contributed by atoms with Crippen LogP contribution in [0, 0.1) is 0 Å². The van der Waals surface area contributed by atoms with Gasteiger partial charge in [-0.05, 0) is 56.1 Å². The van der Waals surface area contributed by atoms with Crippen LogP contribution in [0.3, 0.4) is 0 Å². The number of hydrogen-bond acceptors (Lipinski definition) is 5. The molecule has 7 nitrogen and oxygen atoms in total. The largest absolute Gasteiger partial charge is 0.446 e. The van der Waals surface area contributed by atoms with Crippen LogP contribution in [-0.4, -0.2) is 29.0 Å². The first kappa shape index (κ1) is 23.4. The summed E-state index contributed by atoms with van der Waals surface area (Å²) < 4.78 is 5.43. The second kappa shape index (κ2) is 11.4. The van der Waals surface area contributed by atoms with Crippen molar-refractivity contribution >= 4 is 46.5 Å². The number of rotatable bonds is 6. The highest BCUT2D eigenvalue weighted by molar-refractivity contribution is 7.80. The minimum Gasteiger partial charge on any atom is -0.446 e. The summed E-state index contributed by atoms with van der Waals surface area (Å²) in [5.74, 6) is -0.358. The van der Waals surface area contributed by atoms with Crippen molar-refractivity contribution in [3.05, 3.63) is 59.7 Å². The molecule has 32 heavy (non-hydrogen) atoms. The average Bonchev–Trinajstić information content (AvgIpc) is 2.80. The minimum absolute atomic E-state index is 0.0158. The molecule has 1 saturated carbocycles. The van der Waals surface area contributed by atoms with Gasteiger partial charge in [0.15, 0.2) is 10.9 Å². The molecule has 1 aliphatic rings. The normalized spacial score (nSPS) is 13.7. The number of nitrogens with one attached hydrogen (secondary N) is 3. The van der Waals surface area contributed by atoms with E-state index in [-0.39, 0.29) is 22.9 Å². The van der Waals surface area contributed by atoms with E-state index in [1.54, 1.807) is 49.4 Å². The predicted octanol–water partition coefficient (Wildman–Crippen LogP) is 5.02. The maximum Gasteiger partial charge on any atom is 0.413 e. The number of amides is 2. The Morgan fingerprint density at radius 2 is 1.66 bits per heavy atom. The number of ether oxygens (including phenoxy) is 1. The van der Waals surface area contributed by atoms with Gasteiger partial charge in [0.2, 0.25) is 5.91 Å². The van der Waals surface area contributed by atoms with Crippen molar-refractivity contribution in [2.75, 3.05) is 10.6 Å². The van der Waals surface area contributed by atoms with Crippen LogP contribution < -0.4 is 16.0 Å². The fourth-order valence-electron chi connectivity index (χ4n) is 3.50. The zero-order valence-corrected chi connectivity index (χ0v) is 18.8. The highest BCUT2D eigenvalue weighted by Crippen LogP contribution is 2.25. The first-order valence-electron chi connectivity index (χ1n) is 10.8. The first-order chi connectivity index (χ1) is 15.5. The molecule has 168 valence electrons. The van der Waals surface area contributed by atoms with E-state index in [1.165, 1.54) is 0 Å². The zero-order valence-electron chi connectivity index (χ0n) is 18.0. The Hall–Kier alpha value is -3.26. The topological polar surface area (TPSA) is 96.5 Å². The second-order valence-electron chi connectivity index (χ2n) is 7.60. The highest BCUT2D eigenvalue weighted by atomic mass is 32.1. The molecular formula is C24H27N3O4S. The van der Waals surface area contributed by atoms with Crippen LogP contribution in [0.2, 0.25) is 0 Å². The molecule has 0 aromatic heterocycles. The third-order valence-corrected chi connectivity index (χ3v) is 5.41. The van der Waals surface area contributed by atoms with E-state index in [4.69, 9.17) is 17.0 Å². The molecule has 1 aliphatic carbocycles. The van der Waals surface area contributed by atoms with E-state index >= 15 is 0 Å². The summed E-state index contributed by atoms with van der Waals surface area (Å²) in [7, 11) is 0. The fraction of sp³-hybridized carbons (Fsp3) is 0.333. The Kier molecular flexibility index (Phi) is 8.33. The van der Waals surface area contributed by atoms with Gasteiger partial charge in [-0.3, -0.25) is 14.9 Å². The van der Waals surface area contributed by atoms with Gasteiger partial charge < -0.3 is 15.4 Å². The van der Waals surface area contributed by atoms with Gasteiger partial charge in [-0.15, -0.1) is 0 Å². The summed E-state index contributed by atoms with van der Waals surface area (Å²) in [5, 5.41) is 8.21. The Balaban J connectivity index is 1.73. The molecule has 8 heteroatoms. The van der Waals surface area contributed by atoms with Crippen LogP contribution in [0.1, 0.15) is 61.4 Å². The lowest BCUT2D eigenvalue weighted by Gasteiger charge is -2.22. The standard InChI is InChI=1S/C24H27N3O4S/c1-2-21(28)25-19-14-13-17(22(29)16-9-5-3-6-10-16)15-20(19)26-23(32)27-24(30)31-18-11-7-4-8-12-18/h3,5-6,9-10,13-15,18H,2,4,7-8,11-12H2,1H3,(H,25,28)(H2,26,27,30,32). The van der Waals surface area contributed by atoms with Crippen LogP contribution >= 0.6 is 12.2 Å². The maximum absolute atomic E-state index is 12.8. The van der Waals surface area contributed by atoms with Gasteiger partial charge in [-0.1, -0.05) is 43.7 Å². The van der Waals surface area contributed by atoms with Gasteiger partial charge in [-0.2, -0.15) is 0 Å². The zero-order chi connectivity index (χ0) is 22.9. The summed E-state index contributed by atoms with van der Waals surface area (Å²) in [5.41, 5.74) is 1.81. The second-order valence-corrected chi connectivity index (χ2v) is 8.01. The van der Waals surface area contributed by atoms with E-state index < -0.39 is 6.09 Å². The maximum atomic E-state index is 12.8. The molecule has 2 amide bonds. The van der Waals surface area contributed by atoms with Gasteiger partial charge in [0.1, 0.15) is 6.10 Å². The Labute approximate surface area is 192 Å². The van der Waals surface area contributed by atoms with E-state index in [2.05, 4.69) is 16.0 Å². The number of carbonyl (C=O) groups is 3. The van der Waals surface area contributed by atoms with Crippen LogP contribution in [0.25, 0.3) is 0 Å². The number of hydrogen-bond donors (Lipinski definition) is 3. The van der Waals surface area contributed by atoms with Gasteiger partial charge in [0, 0.05) is 17.5 Å². The molecule has 0 unspecified atom stereocenters. The molecular weight excluding hydrogens is 426 g/mol. The number of thiocarbonyl (C=S) groups is 1. The molecule has 1 fully saturated rings. The average molecular weight is 454 g/mol. The van der Waals surface area contributed by atoms with Gasteiger partial charge in [0.05, 0.1) is 11.4 Å². The number of alkyl carbamates (subject to hydrolysis) is 1. The molecule has 0 aliphatic heterocycles. The molecule has 0 atom stereocenters. The third kappa shape index (κ3) is 6.62. The van der Waals surface area contributed by atoms with Crippen LogP contribution in [0.5, 0.6) is 0 Å². The van der Waals surface area contributed by atoms with E-state index in [0.717, 1.165) is 32.1 Å². The molecule has 2 aromatic carbocycles. The van der Waals surface area contributed by atoms with Crippen molar-refractivity contribution < 1.29 is 19.1 Å². The molecule has 3 N–H and O–H groups in total. The Morgan fingerprint density at radius 1 is 0.938 bits per heavy atom. The number of benzene rings is 2. The van der Waals surface area contributed by atoms with E-state index in [0.29, 0.717) is 28.9 Å². The molecule has 0 heterocycles. The van der Waals surface area contributed by atoms with Crippen molar-refractivity contribution in [3.8, 4) is 0 Å². The molecule has 3 rings (SSSR count). The lowest BCUT2D eigenvalue weighted by Crippen LogP contribution is -2.37. The lowest BCUT2D eigenvalue weighted by atomic mass is 9.98. The van der Waals surface area contributed by atoms with Crippen LogP contribution in [-0.2, 0) is 9.53 Å².